The van der Waals surface area contributed by atoms with E-state index in [0.29, 0.717) is 24.6 Å². The van der Waals surface area contributed by atoms with E-state index in [1.165, 1.54) is 5.56 Å². The highest BCUT2D eigenvalue weighted by Crippen LogP contribution is 2.25. The molecule has 2 aromatic heterocycles. The first-order valence-corrected chi connectivity index (χ1v) is 8.32. The van der Waals surface area contributed by atoms with E-state index in [9.17, 15) is 4.79 Å². The van der Waals surface area contributed by atoms with Gasteiger partial charge in [-0.1, -0.05) is 0 Å². The Balaban J connectivity index is 1.41. The van der Waals surface area contributed by atoms with Crippen LogP contribution in [0.25, 0.3) is 0 Å². The Labute approximate surface area is 140 Å². The zero-order valence-corrected chi connectivity index (χ0v) is 13.8. The summed E-state index contributed by atoms with van der Waals surface area (Å²) in [6.45, 7) is 4.68. The molecule has 0 N–H and O–H groups in total. The van der Waals surface area contributed by atoms with Gasteiger partial charge < -0.3 is 14.1 Å². The van der Waals surface area contributed by atoms with Gasteiger partial charge in [-0.15, -0.1) is 0 Å². The van der Waals surface area contributed by atoms with Crippen molar-refractivity contribution in [2.24, 2.45) is 13.0 Å². The number of furan rings is 1. The number of carbonyl (C=O) groups excluding carboxylic acids is 1. The molecule has 0 bridgehead atoms. The van der Waals surface area contributed by atoms with Crippen molar-refractivity contribution in [2.45, 2.75) is 12.6 Å². The smallest absolute Gasteiger partial charge is 0.257 e. The molecule has 0 radical (unpaired) electrons. The van der Waals surface area contributed by atoms with Crippen molar-refractivity contribution < 1.29 is 13.9 Å². The molecule has 2 fully saturated rings. The molecule has 2 aliphatic heterocycles. The molecule has 0 saturated carbocycles. The van der Waals surface area contributed by atoms with Crippen LogP contribution in [0, 0.1) is 5.92 Å². The minimum absolute atomic E-state index is 0.0423. The summed E-state index contributed by atoms with van der Waals surface area (Å²) in [7, 11) is 1.82. The van der Waals surface area contributed by atoms with E-state index in [1.807, 2.05) is 18.0 Å². The number of rotatable bonds is 3. The number of amides is 1. The highest BCUT2D eigenvalue weighted by molar-refractivity contribution is 5.93. The molecular formula is C17H22N4O3. The van der Waals surface area contributed by atoms with Crippen LogP contribution < -0.4 is 0 Å². The number of hydrogen-bond acceptors (Lipinski definition) is 5. The second-order valence-electron chi connectivity index (χ2n) is 6.65. The predicted octanol–water partition coefficient (Wildman–Crippen LogP) is 0.986. The summed E-state index contributed by atoms with van der Waals surface area (Å²) in [6, 6.07) is 1.99. The van der Waals surface area contributed by atoms with E-state index in [2.05, 4.69) is 10.00 Å². The molecule has 2 saturated heterocycles. The first-order chi connectivity index (χ1) is 11.7. The van der Waals surface area contributed by atoms with Crippen LogP contribution in [-0.2, 0) is 18.3 Å². The lowest BCUT2D eigenvalue weighted by atomic mass is 10.1. The van der Waals surface area contributed by atoms with E-state index >= 15 is 0 Å². The molecule has 128 valence electrons. The first-order valence-electron chi connectivity index (χ1n) is 8.32. The molecular weight excluding hydrogens is 308 g/mol. The van der Waals surface area contributed by atoms with Crippen LogP contribution in [0.15, 0.2) is 35.4 Å². The van der Waals surface area contributed by atoms with E-state index in [-0.39, 0.29) is 12.0 Å². The Morgan fingerprint density at radius 2 is 2.29 bits per heavy atom. The number of hydrogen-bond donors (Lipinski definition) is 0. The van der Waals surface area contributed by atoms with Crippen molar-refractivity contribution >= 4 is 5.91 Å². The third kappa shape index (κ3) is 3.09. The number of aryl methyl sites for hydroxylation is 1. The summed E-state index contributed by atoms with van der Waals surface area (Å²) in [6.07, 6.45) is 7.09. The van der Waals surface area contributed by atoms with E-state index in [4.69, 9.17) is 9.15 Å². The second-order valence-corrected chi connectivity index (χ2v) is 6.65. The zero-order chi connectivity index (χ0) is 16.5. The Hall–Kier alpha value is -2.12. The van der Waals surface area contributed by atoms with Crippen molar-refractivity contribution in [3.63, 3.8) is 0 Å². The monoisotopic (exact) mass is 330 g/mol. The maximum atomic E-state index is 12.7. The van der Waals surface area contributed by atoms with Gasteiger partial charge in [-0.3, -0.25) is 14.4 Å². The molecule has 2 aliphatic rings. The van der Waals surface area contributed by atoms with Gasteiger partial charge in [0.05, 0.1) is 37.0 Å². The van der Waals surface area contributed by atoms with Crippen LogP contribution in [-0.4, -0.2) is 64.4 Å². The number of fused-ring (bicyclic) bond motifs is 1. The molecule has 0 spiro atoms. The standard InChI is InChI=1S/C17H22N4O3/c1-19-8-14(6-18-19)17(22)21-3-5-24-16-11-20(9-15(16)10-21)7-13-2-4-23-12-13/h2,4,6,8,12,15-16H,3,5,7,9-11H2,1H3/t15-,16-/m1/s1. The van der Waals surface area contributed by atoms with E-state index in [1.54, 1.807) is 29.6 Å². The lowest BCUT2D eigenvalue weighted by molar-refractivity contribution is 0.0501. The summed E-state index contributed by atoms with van der Waals surface area (Å²) >= 11 is 0. The molecule has 7 nitrogen and oxygen atoms in total. The fraction of sp³-hybridized carbons (Fsp3) is 0.529. The van der Waals surface area contributed by atoms with Gasteiger partial charge >= 0.3 is 0 Å². The second kappa shape index (κ2) is 6.41. The van der Waals surface area contributed by atoms with Crippen LogP contribution in [0.2, 0.25) is 0 Å². The normalized spacial score (nSPS) is 24.8. The van der Waals surface area contributed by atoms with Gasteiger partial charge in [-0.25, -0.2) is 0 Å². The van der Waals surface area contributed by atoms with E-state index in [0.717, 1.165) is 26.2 Å². The molecule has 24 heavy (non-hydrogen) atoms. The van der Waals surface area contributed by atoms with Gasteiger partial charge in [0.2, 0.25) is 0 Å². The van der Waals surface area contributed by atoms with Crippen LogP contribution in [0.1, 0.15) is 15.9 Å². The van der Waals surface area contributed by atoms with Gasteiger partial charge in [0, 0.05) is 57.4 Å². The number of ether oxygens (including phenoxy) is 1. The van der Waals surface area contributed by atoms with Crippen LogP contribution in [0.5, 0.6) is 0 Å². The largest absolute Gasteiger partial charge is 0.472 e. The topological polar surface area (TPSA) is 63.7 Å². The lowest BCUT2D eigenvalue weighted by Gasteiger charge is -2.23. The fourth-order valence-corrected chi connectivity index (χ4v) is 3.65. The summed E-state index contributed by atoms with van der Waals surface area (Å²) in [5, 5.41) is 4.10. The molecule has 2 aromatic rings. The van der Waals surface area contributed by atoms with Crippen molar-refractivity contribution in [1.29, 1.82) is 0 Å². The molecule has 4 heterocycles. The molecule has 0 aromatic carbocycles. The highest BCUT2D eigenvalue weighted by atomic mass is 16.5. The maximum absolute atomic E-state index is 12.7. The van der Waals surface area contributed by atoms with Gasteiger partial charge in [-0.2, -0.15) is 5.10 Å². The van der Waals surface area contributed by atoms with Crippen molar-refractivity contribution in [1.82, 2.24) is 19.6 Å². The van der Waals surface area contributed by atoms with Crippen LogP contribution in [0.3, 0.4) is 0 Å². The van der Waals surface area contributed by atoms with Gasteiger partial charge in [-0.05, 0) is 6.07 Å². The Morgan fingerprint density at radius 3 is 3.04 bits per heavy atom. The Bertz CT molecular complexity index is 697. The van der Waals surface area contributed by atoms with Gasteiger partial charge in [0.15, 0.2) is 0 Å². The molecule has 0 aliphatic carbocycles. The maximum Gasteiger partial charge on any atom is 0.257 e. The number of aromatic nitrogens is 2. The predicted molar refractivity (Wildman–Crippen MR) is 86.3 cm³/mol. The minimum atomic E-state index is 0.0423. The number of nitrogens with zero attached hydrogens (tertiary/aromatic N) is 4. The summed E-state index contributed by atoms with van der Waals surface area (Å²) in [5.41, 5.74) is 1.82. The number of likely N-dealkylation sites (tertiary alicyclic amines) is 1. The molecule has 2 atom stereocenters. The molecule has 0 unspecified atom stereocenters. The average molecular weight is 330 g/mol. The zero-order valence-electron chi connectivity index (χ0n) is 13.8. The number of carbonyl (C=O) groups is 1. The fourth-order valence-electron chi connectivity index (χ4n) is 3.65. The van der Waals surface area contributed by atoms with Crippen molar-refractivity contribution in [2.75, 3.05) is 32.8 Å². The van der Waals surface area contributed by atoms with Crippen LogP contribution >= 0.6 is 0 Å². The van der Waals surface area contributed by atoms with Gasteiger partial charge in [0.25, 0.3) is 5.91 Å². The summed E-state index contributed by atoms with van der Waals surface area (Å²) < 4.78 is 12.8. The third-order valence-electron chi connectivity index (χ3n) is 4.83. The third-order valence-corrected chi connectivity index (χ3v) is 4.83. The van der Waals surface area contributed by atoms with Crippen molar-refractivity contribution in [3.05, 3.63) is 42.1 Å². The summed E-state index contributed by atoms with van der Waals surface area (Å²) in [5.74, 6) is 0.389. The molecule has 4 rings (SSSR count). The molecule has 7 heteroatoms. The van der Waals surface area contributed by atoms with Gasteiger partial charge in [0.1, 0.15) is 0 Å². The molecule has 1 amide bonds. The van der Waals surface area contributed by atoms with Crippen molar-refractivity contribution in [3.8, 4) is 0 Å². The first kappa shape index (κ1) is 15.4. The van der Waals surface area contributed by atoms with E-state index < -0.39 is 0 Å². The quantitative estimate of drug-likeness (QED) is 0.840. The lowest BCUT2D eigenvalue weighted by Crippen LogP contribution is -2.37. The SMILES string of the molecule is Cn1cc(C(=O)N2CCO[C@@H]3CN(Cc4ccoc4)C[C@@H]3C2)cn1. The minimum Gasteiger partial charge on any atom is -0.472 e. The average Bonchev–Trinajstić information content (AvgIpc) is 3.27. The van der Waals surface area contributed by atoms with Crippen LogP contribution in [0.4, 0.5) is 0 Å². The Kier molecular flexibility index (Phi) is 4.12. The summed E-state index contributed by atoms with van der Waals surface area (Å²) in [4.78, 5) is 17.0. The Morgan fingerprint density at radius 1 is 1.38 bits per heavy atom. The highest BCUT2D eigenvalue weighted by Gasteiger charge is 2.37.